The normalized spacial score (nSPS) is 8.32. The highest BCUT2D eigenvalue weighted by Crippen LogP contribution is 1.92. The van der Waals surface area contributed by atoms with Crippen molar-refractivity contribution in [2.45, 2.75) is 53.4 Å². The summed E-state index contributed by atoms with van der Waals surface area (Å²) >= 11 is 0. The maximum atomic E-state index is 10.7. The van der Waals surface area contributed by atoms with Gasteiger partial charge in [-0.3, -0.25) is 9.59 Å². The van der Waals surface area contributed by atoms with Gasteiger partial charge in [-0.15, -0.1) is 0 Å². The van der Waals surface area contributed by atoms with E-state index in [1.807, 2.05) is 27.7 Å². The minimum atomic E-state index is -0.189. The first-order valence-electron chi connectivity index (χ1n) is 7.05. The van der Waals surface area contributed by atoms with Crippen LogP contribution in [-0.4, -0.2) is 39.2 Å². The Labute approximate surface area is 118 Å². The lowest BCUT2D eigenvalue weighted by Crippen LogP contribution is -2.18. The largest absolute Gasteiger partial charge is 0.469 e. The van der Waals surface area contributed by atoms with E-state index in [4.69, 9.17) is 0 Å². The summed E-state index contributed by atoms with van der Waals surface area (Å²) in [6.07, 6.45) is 2.37. The van der Waals surface area contributed by atoms with Gasteiger partial charge in [0.25, 0.3) is 0 Å². The lowest BCUT2D eigenvalue weighted by Gasteiger charge is -2.03. The van der Waals surface area contributed by atoms with Crippen LogP contribution < -0.4 is 5.32 Å². The molecule has 0 aromatic rings. The van der Waals surface area contributed by atoms with Crippen molar-refractivity contribution in [2.75, 3.05) is 27.3 Å². The number of methoxy groups -OCH3 is 2. The highest BCUT2D eigenvalue weighted by molar-refractivity contribution is 5.69. The van der Waals surface area contributed by atoms with E-state index in [1.165, 1.54) is 14.2 Å². The zero-order valence-electron chi connectivity index (χ0n) is 13.4. The van der Waals surface area contributed by atoms with Gasteiger partial charge < -0.3 is 14.8 Å². The standard InChI is InChI=1S/C10H19NO4.2C2H6/c1-14-9(12)5-3-7-11-8-4-6-10(13)15-2;2*1-2/h11H,3-8H2,1-2H3;2*1-2H3. The van der Waals surface area contributed by atoms with Crippen molar-refractivity contribution >= 4 is 11.9 Å². The van der Waals surface area contributed by atoms with Gasteiger partial charge in [0, 0.05) is 12.8 Å². The zero-order valence-corrected chi connectivity index (χ0v) is 13.4. The summed E-state index contributed by atoms with van der Waals surface area (Å²) in [5, 5.41) is 3.13. The van der Waals surface area contributed by atoms with E-state index < -0.39 is 0 Å². The van der Waals surface area contributed by atoms with E-state index in [1.54, 1.807) is 0 Å². The molecule has 19 heavy (non-hydrogen) atoms. The average Bonchev–Trinajstić information content (AvgIpc) is 2.49. The van der Waals surface area contributed by atoms with Crippen molar-refractivity contribution < 1.29 is 19.1 Å². The van der Waals surface area contributed by atoms with Gasteiger partial charge in [-0.1, -0.05) is 27.7 Å². The quantitative estimate of drug-likeness (QED) is 0.545. The summed E-state index contributed by atoms with van der Waals surface area (Å²) in [6.45, 7) is 9.52. The van der Waals surface area contributed by atoms with Crippen molar-refractivity contribution in [2.24, 2.45) is 0 Å². The number of carbonyl (C=O) groups is 2. The summed E-state index contributed by atoms with van der Waals surface area (Å²) in [5.41, 5.74) is 0. The summed E-state index contributed by atoms with van der Waals surface area (Å²) in [4.78, 5) is 21.4. The van der Waals surface area contributed by atoms with E-state index in [2.05, 4.69) is 14.8 Å². The lowest BCUT2D eigenvalue weighted by atomic mass is 10.3. The fourth-order valence-corrected chi connectivity index (χ4v) is 1.04. The Balaban J connectivity index is -0.000000579. The Morgan fingerprint density at radius 3 is 1.37 bits per heavy atom. The van der Waals surface area contributed by atoms with Crippen LogP contribution in [0.4, 0.5) is 0 Å². The molecule has 0 heterocycles. The second-order valence-electron chi connectivity index (χ2n) is 3.11. The number of ether oxygens (including phenoxy) is 2. The second kappa shape index (κ2) is 22.1. The molecule has 0 aliphatic heterocycles. The SMILES string of the molecule is CC.CC.COC(=O)CCCNCCCC(=O)OC. The van der Waals surface area contributed by atoms with E-state index in [9.17, 15) is 9.59 Å². The summed E-state index contributed by atoms with van der Waals surface area (Å²) in [6, 6.07) is 0. The fourth-order valence-electron chi connectivity index (χ4n) is 1.04. The predicted molar refractivity (Wildman–Crippen MR) is 78.1 cm³/mol. The summed E-state index contributed by atoms with van der Waals surface area (Å²) < 4.78 is 8.99. The van der Waals surface area contributed by atoms with Crippen molar-refractivity contribution in [1.82, 2.24) is 5.32 Å². The first kappa shape index (κ1) is 23.0. The minimum absolute atomic E-state index is 0.189. The maximum absolute atomic E-state index is 10.7. The molecule has 0 radical (unpaired) electrons. The molecule has 0 aromatic carbocycles. The van der Waals surface area contributed by atoms with Crippen LogP contribution in [0.15, 0.2) is 0 Å². The van der Waals surface area contributed by atoms with Gasteiger partial charge in [-0.2, -0.15) is 0 Å². The molecule has 0 saturated heterocycles. The van der Waals surface area contributed by atoms with Crippen molar-refractivity contribution in [3.8, 4) is 0 Å². The molecule has 1 N–H and O–H groups in total. The number of carbonyl (C=O) groups excluding carboxylic acids is 2. The molecule has 116 valence electrons. The number of esters is 2. The van der Waals surface area contributed by atoms with Crippen molar-refractivity contribution in [3.05, 3.63) is 0 Å². The topological polar surface area (TPSA) is 64.6 Å². The van der Waals surface area contributed by atoms with Gasteiger partial charge in [0.15, 0.2) is 0 Å². The lowest BCUT2D eigenvalue weighted by molar-refractivity contribution is -0.141. The smallest absolute Gasteiger partial charge is 0.305 e. The van der Waals surface area contributed by atoms with Crippen LogP contribution in [0.3, 0.4) is 0 Å². The van der Waals surface area contributed by atoms with E-state index in [-0.39, 0.29) is 11.9 Å². The molecular weight excluding hydrogens is 246 g/mol. The Bertz CT molecular complexity index is 176. The van der Waals surface area contributed by atoms with E-state index in [0.717, 1.165) is 25.9 Å². The molecule has 0 bridgehead atoms. The molecule has 0 rings (SSSR count). The van der Waals surface area contributed by atoms with Gasteiger partial charge >= 0.3 is 11.9 Å². The second-order valence-corrected chi connectivity index (χ2v) is 3.11. The number of rotatable bonds is 8. The van der Waals surface area contributed by atoms with Gasteiger partial charge in [0.05, 0.1) is 14.2 Å². The first-order chi connectivity index (χ1) is 9.20. The molecule has 5 heteroatoms. The molecule has 0 saturated carbocycles. The summed E-state index contributed by atoms with van der Waals surface area (Å²) in [5.74, 6) is -0.377. The Morgan fingerprint density at radius 2 is 1.11 bits per heavy atom. The Kier molecular flexibility index (Phi) is 26.8. The van der Waals surface area contributed by atoms with Crippen LogP contribution in [-0.2, 0) is 19.1 Å². The highest BCUT2D eigenvalue weighted by Gasteiger charge is 2.00. The van der Waals surface area contributed by atoms with E-state index in [0.29, 0.717) is 12.8 Å². The minimum Gasteiger partial charge on any atom is -0.469 e. The zero-order chi connectivity index (χ0) is 15.5. The highest BCUT2D eigenvalue weighted by atomic mass is 16.5. The van der Waals surface area contributed by atoms with Crippen molar-refractivity contribution in [1.29, 1.82) is 0 Å². The molecule has 0 aliphatic rings. The monoisotopic (exact) mass is 277 g/mol. The molecule has 0 unspecified atom stereocenters. The Hall–Kier alpha value is -1.10. The fraction of sp³-hybridized carbons (Fsp3) is 0.857. The number of hydrogen-bond donors (Lipinski definition) is 1. The maximum Gasteiger partial charge on any atom is 0.305 e. The molecule has 0 spiro atoms. The van der Waals surface area contributed by atoms with Crippen molar-refractivity contribution in [3.63, 3.8) is 0 Å². The first-order valence-corrected chi connectivity index (χ1v) is 7.05. The molecule has 5 nitrogen and oxygen atoms in total. The van der Waals surface area contributed by atoms with Crippen LogP contribution in [0.1, 0.15) is 53.4 Å². The van der Waals surface area contributed by atoms with Gasteiger partial charge in [0.2, 0.25) is 0 Å². The predicted octanol–water partition coefficient (Wildman–Crippen LogP) is 2.53. The molecule has 0 amide bonds. The number of hydrogen-bond acceptors (Lipinski definition) is 5. The average molecular weight is 277 g/mol. The van der Waals surface area contributed by atoms with Gasteiger partial charge in [0.1, 0.15) is 0 Å². The van der Waals surface area contributed by atoms with E-state index >= 15 is 0 Å². The van der Waals surface area contributed by atoms with Crippen LogP contribution in [0.5, 0.6) is 0 Å². The third-order valence-electron chi connectivity index (χ3n) is 1.92. The Morgan fingerprint density at radius 1 is 0.789 bits per heavy atom. The molecule has 0 atom stereocenters. The van der Waals surface area contributed by atoms with Crippen LogP contribution >= 0.6 is 0 Å². The van der Waals surface area contributed by atoms with Crippen LogP contribution in [0.25, 0.3) is 0 Å². The van der Waals surface area contributed by atoms with Crippen LogP contribution in [0, 0.1) is 0 Å². The molecule has 0 fully saturated rings. The van der Waals surface area contributed by atoms with Gasteiger partial charge in [-0.05, 0) is 25.9 Å². The molecule has 0 aromatic heterocycles. The summed E-state index contributed by atoms with van der Waals surface area (Å²) in [7, 11) is 2.76. The molecule has 0 aliphatic carbocycles. The van der Waals surface area contributed by atoms with Crippen LogP contribution in [0.2, 0.25) is 0 Å². The molecular formula is C14H31NO4. The third kappa shape index (κ3) is 22.5. The number of nitrogens with one attached hydrogen (secondary N) is 1. The third-order valence-corrected chi connectivity index (χ3v) is 1.92. The van der Waals surface area contributed by atoms with Gasteiger partial charge in [-0.25, -0.2) is 0 Å².